The first-order valence-corrected chi connectivity index (χ1v) is 4.62. The van der Waals surface area contributed by atoms with Gasteiger partial charge in [-0.25, -0.2) is 9.67 Å². The van der Waals surface area contributed by atoms with Gasteiger partial charge in [0, 0.05) is 0 Å². The van der Waals surface area contributed by atoms with Gasteiger partial charge < -0.3 is 0 Å². The summed E-state index contributed by atoms with van der Waals surface area (Å²) >= 11 is 8.84. The Balaban J connectivity index is 2.41. The first-order chi connectivity index (χ1) is 6.25. The summed E-state index contributed by atoms with van der Waals surface area (Å²) in [5, 5.41) is 8.10. The predicted octanol–water partition coefficient (Wildman–Crippen LogP) is 2.08. The average Bonchev–Trinajstić information content (AvgIpc) is 2.53. The summed E-state index contributed by atoms with van der Waals surface area (Å²) in [4.78, 5) is 3.93. The van der Waals surface area contributed by atoms with Gasteiger partial charge in [0.15, 0.2) is 0 Å². The molecule has 2 aromatic rings. The maximum atomic E-state index is 5.64. The first-order valence-electron chi connectivity index (χ1n) is 3.45. The van der Waals surface area contributed by atoms with E-state index in [0.717, 1.165) is 5.69 Å². The quantitative estimate of drug-likeness (QED) is 0.737. The van der Waals surface area contributed by atoms with Crippen LogP contribution in [-0.4, -0.2) is 20.0 Å². The van der Waals surface area contributed by atoms with Gasteiger partial charge in [-0.1, -0.05) is 16.8 Å². The number of hydrogen-bond donors (Lipinski definition) is 0. The highest BCUT2D eigenvalue weighted by Gasteiger charge is 1.99. The van der Waals surface area contributed by atoms with Crippen molar-refractivity contribution in [2.45, 2.75) is 0 Å². The summed E-state index contributed by atoms with van der Waals surface area (Å²) < 4.78 is 2.29. The number of rotatable bonds is 1. The molecular weight excluding hydrogens is 255 g/mol. The number of nitrogens with zero attached hydrogens (tertiary/aromatic N) is 4. The van der Waals surface area contributed by atoms with Crippen molar-refractivity contribution in [2.24, 2.45) is 0 Å². The molecule has 2 heterocycles. The van der Waals surface area contributed by atoms with Gasteiger partial charge >= 0.3 is 0 Å². The second kappa shape index (κ2) is 3.43. The zero-order valence-electron chi connectivity index (χ0n) is 6.35. The first kappa shape index (κ1) is 8.65. The van der Waals surface area contributed by atoms with Gasteiger partial charge in [-0.15, -0.1) is 5.10 Å². The summed E-state index contributed by atoms with van der Waals surface area (Å²) in [5.41, 5.74) is 0.822. The van der Waals surface area contributed by atoms with Gasteiger partial charge in [-0.3, -0.25) is 0 Å². The fraction of sp³-hybridized carbons (Fsp3) is 0. The highest BCUT2D eigenvalue weighted by Crippen LogP contribution is 2.10. The van der Waals surface area contributed by atoms with Gasteiger partial charge in [0.05, 0.1) is 18.1 Å². The molecule has 0 fully saturated rings. The van der Waals surface area contributed by atoms with Crippen molar-refractivity contribution in [1.29, 1.82) is 0 Å². The minimum absolute atomic E-state index is 0.461. The van der Waals surface area contributed by atoms with Crippen LogP contribution in [0, 0.1) is 0 Å². The van der Waals surface area contributed by atoms with Crippen molar-refractivity contribution in [3.05, 3.63) is 34.3 Å². The van der Waals surface area contributed by atoms with Gasteiger partial charge in [0.2, 0.25) is 0 Å². The number of pyridine rings is 1. The lowest BCUT2D eigenvalue weighted by molar-refractivity contribution is 0.798. The van der Waals surface area contributed by atoms with Crippen molar-refractivity contribution in [3.8, 4) is 5.69 Å². The van der Waals surface area contributed by atoms with Gasteiger partial charge in [0.25, 0.3) is 0 Å². The van der Waals surface area contributed by atoms with E-state index in [1.54, 1.807) is 23.1 Å². The fourth-order valence-corrected chi connectivity index (χ4v) is 1.25. The van der Waals surface area contributed by atoms with Crippen molar-refractivity contribution in [2.75, 3.05) is 0 Å². The molecule has 0 saturated heterocycles. The molecule has 66 valence electrons. The third-order valence-corrected chi connectivity index (χ3v) is 2.03. The zero-order valence-corrected chi connectivity index (χ0v) is 8.70. The minimum atomic E-state index is 0.461. The molecule has 6 heteroatoms. The molecule has 0 aromatic carbocycles. The number of aromatic nitrogens is 4. The van der Waals surface area contributed by atoms with Crippen LogP contribution in [0.3, 0.4) is 0 Å². The summed E-state index contributed by atoms with van der Waals surface area (Å²) in [6, 6.07) is 3.52. The largest absolute Gasteiger partial charge is 0.242 e. The van der Waals surface area contributed by atoms with Crippen LogP contribution in [0.2, 0.25) is 5.15 Å². The Morgan fingerprint density at radius 2 is 2.23 bits per heavy atom. The highest BCUT2D eigenvalue weighted by molar-refractivity contribution is 9.10. The Morgan fingerprint density at radius 3 is 2.77 bits per heavy atom. The molecular formula is C7H4BrClN4. The lowest BCUT2D eigenvalue weighted by Crippen LogP contribution is -1.95. The lowest BCUT2D eigenvalue weighted by Gasteiger charge is -1.97. The van der Waals surface area contributed by atoms with E-state index in [0.29, 0.717) is 9.76 Å². The molecule has 4 nitrogen and oxygen atoms in total. The molecule has 0 amide bonds. The van der Waals surface area contributed by atoms with E-state index >= 15 is 0 Å². The van der Waals surface area contributed by atoms with E-state index in [-0.39, 0.29) is 0 Å². The monoisotopic (exact) mass is 258 g/mol. The summed E-state index contributed by atoms with van der Waals surface area (Å²) in [6.07, 6.45) is 3.37. The van der Waals surface area contributed by atoms with Crippen LogP contribution in [0.15, 0.2) is 29.1 Å². The second-order valence-electron chi connectivity index (χ2n) is 2.32. The molecule has 0 atom stereocenters. The van der Waals surface area contributed by atoms with E-state index in [1.807, 2.05) is 6.07 Å². The van der Waals surface area contributed by atoms with Crippen molar-refractivity contribution >= 4 is 27.5 Å². The van der Waals surface area contributed by atoms with Crippen LogP contribution < -0.4 is 0 Å². The molecule has 0 unspecified atom stereocenters. The topological polar surface area (TPSA) is 43.6 Å². The minimum Gasteiger partial charge on any atom is -0.242 e. The van der Waals surface area contributed by atoms with E-state index in [9.17, 15) is 0 Å². The van der Waals surface area contributed by atoms with E-state index in [1.165, 1.54) is 0 Å². The Bertz CT molecular complexity index is 411. The molecule has 2 rings (SSSR count). The molecule has 0 N–H and O–H groups in total. The standard InChI is InChI=1S/C7H4BrClN4/c8-6-4-13(12-11-6)5-1-2-7(9)10-3-5/h1-4H. The Hall–Kier alpha value is -0.940. The third-order valence-electron chi connectivity index (χ3n) is 1.44. The fourth-order valence-electron chi connectivity index (χ4n) is 0.873. The Kier molecular flexibility index (Phi) is 2.28. The molecule has 13 heavy (non-hydrogen) atoms. The van der Waals surface area contributed by atoms with Crippen molar-refractivity contribution in [1.82, 2.24) is 20.0 Å². The molecule has 2 aromatic heterocycles. The van der Waals surface area contributed by atoms with Crippen LogP contribution >= 0.6 is 27.5 Å². The normalized spacial score (nSPS) is 10.3. The Morgan fingerprint density at radius 1 is 1.38 bits per heavy atom. The van der Waals surface area contributed by atoms with Gasteiger partial charge in [-0.05, 0) is 28.1 Å². The highest BCUT2D eigenvalue weighted by atomic mass is 79.9. The molecule has 0 spiro atoms. The Labute approximate surface area is 87.7 Å². The smallest absolute Gasteiger partial charge is 0.148 e. The molecule has 0 radical (unpaired) electrons. The van der Waals surface area contributed by atoms with Crippen LogP contribution in [0.25, 0.3) is 5.69 Å². The zero-order chi connectivity index (χ0) is 9.26. The van der Waals surface area contributed by atoms with Gasteiger partial charge in [-0.2, -0.15) is 0 Å². The maximum absolute atomic E-state index is 5.64. The average molecular weight is 259 g/mol. The van der Waals surface area contributed by atoms with Gasteiger partial charge in [0.1, 0.15) is 9.76 Å². The van der Waals surface area contributed by atoms with E-state index in [2.05, 4.69) is 31.2 Å². The third kappa shape index (κ3) is 1.87. The molecule has 0 aliphatic carbocycles. The van der Waals surface area contributed by atoms with Crippen molar-refractivity contribution in [3.63, 3.8) is 0 Å². The number of hydrogen-bond acceptors (Lipinski definition) is 3. The predicted molar refractivity (Wildman–Crippen MR) is 51.9 cm³/mol. The van der Waals surface area contributed by atoms with Crippen LogP contribution in [0.4, 0.5) is 0 Å². The lowest BCUT2D eigenvalue weighted by atomic mass is 10.4. The maximum Gasteiger partial charge on any atom is 0.148 e. The molecule has 0 bridgehead atoms. The molecule has 0 aliphatic heterocycles. The SMILES string of the molecule is Clc1ccc(-n2cc(Br)nn2)cn1. The van der Waals surface area contributed by atoms with E-state index < -0.39 is 0 Å². The van der Waals surface area contributed by atoms with Crippen LogP contribution in [0.5, 0.6) is 0 Å². The second-order valence-corrected chi connectivity index (χ2v) is 3.52. The summed E-state index contributed by atoms with van der Waals surface area (Å²) in [5.74, 6) is 0. The van der Waals surface area contributed by atoms with Crippen molar-refractivity contribution < 1.29 is 0 Å². The van der Waals surface area contributed by atoms with E-state index in [4.69, 9.17) is 11.6 Å². The molecule has 0 aliphatic rings. The van der Waals surface area contributed by atoms with Crippen LogP contribution in [-0.2, 0) is 0 Å². The van der Waals surface area contributed by atoms with Crippen LogP contribution in [0.1, 0.15) is 0 Å². The molecule has 0 saturated carbocycles. The number of halogens is 2. The summed E-state index contributed by atoms with van der Waals surface area (Å²) in [7, 11) is 0. The summed E-state index contributed by atoms with van der Waals surface area (Å²) in [6.45, 7) is 0.